The molecule has 4 nitrogen and oxygen atoms in total. The van der Waals surface area contributed by atoms with Crippen molar-refractivity contribution in [2.24, 2.45) is 0 Å². The van der Waals surface area contributed by atoms with Crippen molar-refractivity contribution >= 4 is 11.4 Å². The summed E-state index contributed by atoms with van der Waals surface area (Å²) in [6.07, 6.45) is 3.05. The highest BCUT2D eigenvalue weighted by Gasteiger charge is 2.30. The van der Waals surface area contributed by atoms with Crippen LogP contribution in [0.1, 0.15) is 39.6 Å². The standard InChI is InChI=1S/C23H19N3O/c1-15-22(17-10-6-3-7-11-17)23-24-14-19-20(26(23)25-15)12-18(13-21(19)27)16-8-4-2-5-9-16/h2-11,14,18H,12-13H2,1H3/t18-/m0/s1. The van der Waals surface area contributed by atoms with E-state index in [9.17, 15) is 4.79 Å². The van der Waals surface area contributed by atoms with E-state index in [1.165, 1.54) is 5.56 Å². The maximum absolute atomic E-state index is 12.8. The van der Waals surface area contributed by atoms with Gasteiger partial charge < -0.3 is 0 Å². The Balaban J connectivity index is 1.69. The first kappa shape index (κ1) is 15.9. The minimum atomic E-state index is 0.147. The van der Waals surface area contributed by atoms with Crippen LogP contribution in [0.3, 0.4) is 0 Å². The first-order chi connectivity index (χ1) is 13.2. The molecule has 132 valence electrons. The average molecular weight is 353 g/mol. The molecule has 5 rings (SSSR count). The fourth-order valence-corrected chi connectivity index (χ4v) is 4.11. The van der Waals surface area contributed by atoms with Crippen LogP contribution in [-0.2, 0) is 6.42 Å². The first-order valence-corrected chi connectivity index (χ1v) is 9.23. The third-order valence-corrected chi connectivity index (χ3v) is 5.42. The lowest BCUT2D eigenvalue weighted by atomic mass is 9.82. The number of benzene rings is 2. The van der Waals surface area contributed by atoms with Gasteiger partial charge in [0.2, 0.25) is 0 Å². The number of Topliss-reactive ketones (excluding diaryl/α,β-unsaturated/α-hetero) is 1. The Morgan fingerprint density at radius 3 is 2.41 bits per heavy atom. The van der Waals surface area contributed by atoms with Crippen LogP contribution in [0.4, 0.5) is 0 Å². The Hall–Kier alpha value is -3.27. The number of hydrogen-bond donors (Lipinski definition) is 0. The van der Waals surface area contributed by atoms with Gasteiger partial charge in [0.25, 0.3) is 0 Å². The van der Waals surface area contributed by atoms with Crippen molar-refractivity contribution in [3.05, 3.63) is 89.4 Å². The number of aromatic nitrogens is 3. The molecule has 0 radical (unpaired) electrons. The van der Waals surface area contributed by atoms with E-state index >= 15 is 0 Å². The van der Waals surface area contributed by atoms with Crippen LogP contribution in [0.2, 0.25) is 0 Å². The van der Waals surface area contributed by atoms with E-state index in [0.29, 0.717) is 12.0 Å². The van der Waals surface area contributed by atoms with Crippen LogP contribution in [0, 0.1) is 6.92 Å². The fraction of sp³-hybridized carbons (Fsp3) is 0.174. The van der Waals surface area contributed by atoms with Gasteiger partial charge in [-0.15, -0.1) is 0 Å². The lowest BCUT2D eigenvalue weighted by molar-refractivity contribution is 0.0962. The van der Waals surface area contributed by atoms with Gasteiger partial charge in [-0.3, -0.25) is 4.79 Å². The molecule has 2 aromatic carbocycles. The molecule has 0 amide bonds. The third-order valence-electron chi connectivity index (χ3n) is 5.42. The van der Waals surface area contributed by atoms with Crippen molar-refractivity contribution in [2.75, 3.05) is 0 Å². The molecule has 0 fully saturated rings. The highest BCUT2D eigenvalue weighted by atomic mass is 16.1. The van der Waals surface area contributed by atoms with Crippen LogP contribution in [-0.4, -0.2) is 20.4 Å². The van der Waals surface area contributed by atoms with E-state index in [4.69, 9.17) is 5.10 Å². The van der Waals surface area contributed by atoms with Gasteiger partial charge in [0.05, 0.1) is 17.0 Å². The van der Waals surface area contributed by atoms with E-state index in [2.05, 4.69) is 29.2 Å². The minimum Gasteiger partial charge on any atom is -0.294 e. The Bertz CT molecular complexity index is 1150. The van der Waals surface area contributed by atoms with Crippen molar-refractivity contribution in [3.63, 3.8) is 0 Å². The predicted octanol–water partition coefficient (Wildman–Crippen LogP) is 4.62. The Kier molecular flexibility index (Phi) is 3.64. The number of rotatable bonds is 2. The summed E-state index contributed by atoms with van der Waals surface area (Å²) in [6.45, 7) is 2.00. The summed E-state index contributed by atoms with van der Waals surface area (Å²) in [4.78, 5) is 17.4. The Morgan fingerprint density at radius 1 is 0.963 bits per heavy atom. The van der Waals surface area contributed by atoms with Gasteiger partial charge in [0.15, 0.2) is 11.4 Å². The van der Waals surface area contributed by atoms with Gasteiger partial charge in [-0.05, 0) is 30.4 Å². The summed E-state index contributed by atoms with van der Waals surface area (Å²) < 4.78 is 1.89. The second-order valence-electron chi connectivity index (χ2n) is 7.12. The molecule has 4 aromatic rings. The summed E-state index contributed by atoms with van der Waals surface area (Å²) >= 11 is 0. The van der Waals surface area contributed by atoms with Gasteiger partial charge in [-0.2, -0.15) is 5.10 Å². The zero-order valence-corrected chi connectivity index (χ0v) is 15.1. The summed E-state index contributed by atoms with van der Waals surface area (Å²) in [5.41, 5.74) is 6.75. The van der Waals surface area contributed by atoms with E-state index in [1.54, 1.807) is 6.20 Å². The molecule has 1 aliphatic rings. The molecule has 4 heteroatoms. The maximum Gasteiger partial charge on any atom is 0.166 e. The van der Waals surface area contributed by atoms with Crippen LogP contribution >= 0.6 is 0 Å². The molecule has 2 heterocycles. The van der Waals surface area contributed by atoms with Gasteiger partial charge in [-0.1, -0.05) is 60.7 Å². The summed E-state index contributed by atoms with van der Waals surface area (Å²) in [5.74, 6) is 0.329. The number of hydrogen-bond acceptors (Lipinski definition) is 3. The quantitative estimate of drug-likeness (QED) is 0.528. The maximum atomic E-state index is 12.8. The normalized spacial score (nSPS) is 16.5. The van der Waals surface area contributed by atoms with Gasteiger partial charge in [0.1, 0.15) is 0 Å². The molecule has 0 saturated carbocycles. The van der Waals surface area contributed by atoms with Crippen LogP contribution in [0.25, 0.3) is 16.8 Å². The molecule has 0 aliphatic heterocycles. The van der Waals surface area contributed by atoms with Crippen molar-refractivity contribution in [2.45, 2.75) is 25.7 Å². The van der Waals surface area contributed by atoms with Gasteiger partial charge in [-0.25, -0.2) is 9.50 Å². The zero-order valence-electron chi connectivity index (χ0n) is 15.1. The summed E-state index contributed by atoms with van der Waals surface area (Å²) in [5, 5.41) is 4.77. The molecule has 0 saturated heterocycles. The van der Waals surface area contributed by atoms with E-state index < -0.39 is 0 Å². The second-order valence-corrected chi connectivity index (χ2v) is 7.12. The van der Waals surface area contributed by atoms with Crippen LogP contribution < -0.4 is 0 Å². The molecular formula is C23H19N3O. The number of aryl methyl sites for hydroxylation is 1. The molecule has 0 unspecified atom stereocenters. The second kappa shape index (κ2) is 6.16. The molecule has 1 atom stereocenters. The summed E-state index contributed by atoms with van der Waals surface area (Å²) in [6, 6.07) is 20.5. The Labute approximate surface area is 157 Å². The Morgan fingerprint density at radius 2 is 1.67 bits per heavy atom. The largest absolute Gasteiger partial charge is 0.294 e. The molecule has 0 N–H and O–H groups in total. The molecule has 1 aliphatic carbocycles. The van der Waals surface area contributed by atoms with Gasteiger partial charge >= 0.3 is 0 Å². The molecule has 0 spiro atoms. The first-order valence-electron chi connectivity index (χ1n) is 9.23. The van der Waals surface area contributed by atoms with Crippen molar-refractivity contribution in [1.82, 2.24) is 14.6 Å². The van der Waals surface area contributed by atoms with Crippen LogP contribution in [0.5, 0.6) is 0 Å². The van der Waals surface area contributed by atoms with E-state index in [-0.39, 0.29) is 11.7 Å². The van der Waals surface area contributed by atoms with E-state index in [1.807, 2.05) is 47.8 Å². The highest BCUT2D eigenvalue weighted by Crippen LogP contribution is 2.35. The topological polar surface area (TPSA) is 47.3 Å². The monoisotopic (exact) mass is 353 g/mol. The fourth-order valence-electron chi connectivity index (χ4n) is 4.11. The average Bonchev–Trinajstić information content (AvgIpc) is 3.05. The minimum absolute atomic E-state index is 0.147. The van der Waals surface area contributed by atoms with Crippen molar-refractivity contribution < 1.29 is 4.79 Å². The van der Waals surface area contributed by atoms with Crippen molar-refractivity contribution in [3.8, 4) is 11.1 Å². The molecule has 0 bridgehead atoms. The number of carbonyl (C=O) groups is 1. The molecule has 2 aromatic heterocycles. The van der Waals surface area contributed by atoms with Crippen LogP contribution in [0.15, 0.2) is 66.9 Å². The molecule has 27 heavy (non-hydrogen) atoms. The predicted molar refractivity (Wildman–Crippen MR) is 105 cm³/mol. The molecular weight excluding hydrogens is 334 g/mol. The summed E-state index contributed by atoms with van der Waals surface area (Å²) in [7, 11) is 0. The smallest absolute Gasteiger partial charge is 0.166 e. The lowest BCUT2D eigenvalue weighted by Gasteiger charge is -2.24. The number of ketones is 1. The van der Waals surface area contributed by atoms with Crippen molar-refractivity contribution in [1.29, 1.82) is 0 Å². The SMILES string of the molecule is Cc1nn2c3c(cnc2c1-c1ccccc1)C(=O)C[C@@H](c1ccccc1)C3. The third kappa shape index (κ3) is 2.56. The highest BCUT2D eigenvalue weighted by molar-refractivity contribution is 5.99. The van der Waals surface area contributed by atoms with Gasteiger partial charge in [0, 0.05) is 18.2 Å². The number of nitrogens with zero attached hydrogens (tertiary/aromatic N) is 3. The lowest BCUT2D eigenvalue weighted by Crippen LogP contribution is -2.22. The number of carbonyl (C=O) groups excluding carboxylic acids is 1. The van der Waals surface area contributed by atoms with E-state index in [0.717, 1.165) is 34.6 Å². The number of fused-ring (bicyclic) bond motifs is 3. The zero-order chi connectivity index (χ0) is 18.4.